The maximum atomic E-state index is 10.4. The number of phenolic OH excluding ortho intramolecular Hbond substituents is 2. The fraction of sp³-hybridized carbons (Fsp3) is 0.351. The van der Waals surface area contributed by atoms with Crippen LogP contribution in [0.5, 0.6) is 11.5 Å². The summed E-state index contributed by atoms with van der Waals surface area (Å²) in [5, 5.41) is 20.8. The first kappa shape index (κ1) is 28.5. The molecular weight excluding hydrogens is 476 g/mol. The molecule has 39 heavy (non-hydrogen) atoms. The van der Waals surface area contributed by atoms with Crippen molar-refractivity contribution in [3.05, 3.63) is 106 Å². The summed E-state index contributed by atoms with van der Waals surface area (Å²) >= 11 is 0. The highest BCUT2D eigenvalue weighted by molar-refractivity contribution is 5.81. The van der Waals surface area contributed by atoms with Crippen LogP contribution in [0.2, 0.25) is 0 Å². The Labute approximate surface area is 235 Å². The molecule has 2 nitrogen and oxygen atoms in total. The van der Waals surface area contributed by atoms with E-state index in [-0.39, 0.29) is 16.2 Å². The lowest BCUT2D eigenvalue weighted by Crippen LogP contribution is -2.23. The first-order valence-corrected chi connectivity index (χ1v) is 13.9. The summed E-state index contributed by atoms with van der Waals surface area (Å²) in [6, 6.07) is 24.8. The quantitative estimate of drug-likeness (QED) is 0.281. The first-order valence-electron chi connectivity index (χ1n) is 13.9. The minimum Gasteiger partial charge on any atom is -0.508 e. The third kappa shape index (κ3) is 5.35. The van der Waals surface area contributed by atoms with Crippen LogP contribution in [-0.2, 0) is 16.2 Å². The maximum Gasteiger partial charge on any atom is 0.115 e. The van der Waals surface area contributed by atoms with E-state index in [1.165, 1.54) is 33.4 Å². The number of aryl methyl sites for hydroxylation is 2. The minimum absolute atomic E-state index is 0.139. The lowest BCUT2D eigenvalue weighted by atomic mass is 9.69. The molecule has 0 aliphatic heterocycles. The van der Waals surface area contributed by atoms with E-state index in [0.29, 0.717) is 11.5 Å². The second-order valence-electron chi connectivity index (χ2n) is 13.6. The second-order valence-corrected chi connectivity index (χ2v) is 13.6. The molecule has 4 aromatic rings. The van der Waals surface area contributed by atoms with Gasteiger partial charge in [0, 0.05) is 5.41 Å². The van der Waals surface area contributed by atoms with Gasteiger partial charge in [-0.1, -0.05) is 104 Å². The number of hydrogen-bond donors (Lipinski definition) is 2. The normalized spacial score (nSPS) is 12.6. The molecule has 0 fully saturated rings. The van der Waals surface area contributed by atoms with Crippen molar-refractivity contribution < 1.29 is 10.2 Å². The molecule has 0 radical (unpaired) electrons. The molecule has 204 valence electrons. The van der Waals surface area contributed by atoms with Crippen molar-refractivity contribution in [2.24, 2.45) is 0 Å². The van der Waals surface area contributed by atoms with Crippen molar-refractivity contribution in [3.63, 3.8) is 0 Å². The Bertz CT molecular complexity index is 1410. The fourth-order valence-electron chi connectivity index (χ4n) is 5.98. The van der Waals surface area contributed by atoms with Gasteiger partial charge in [-0.05, 0) is 105 Å². The molecule has 0 saturated carbocycles. The maximum absolute atomic E-state index is 10.4. The Hall–Kier alpha value is -3.52. The van der Waals surface area contributed by atoms with E-state index in [1.807, 2.05) is 12.1 Å². The molecule has 0 amide bonds. The van der Waals surface area contributed by atoms with Gasteiger partial charge in [0.25, 0.3) is 0 Å². The van der Waals surface area contributed by atoms with E-state index in [2.05, 4.69) is 118 Å². The Kier molecular flexibility index (Phi) is 7.23. The van der Waals surface area contributed by atoms with E-state index >= 15 is 0 Å². The summed E-state index contributed by atoms with van der Waals surface area (Å²) in [6.07, 6.45) is 0. The summed E-state index contributed by atoms with van der Waals surface area (Å²) in [4.78, 5) is 0. The number of benzene rings is 4. The van der Waals surface area contributed by atoms with Gasteiger partial charge in [-0.3, -0.25) is 0 Å². The van der Waals surface area contributed by atoms with Crippen LogP contribution in [0.3, 0.4) is 0 Å². The van der Waals surface area contributed by atoms with Crippen molar-refractivity contribution in [3.8, 4) is 33.8 Å². The third-order valence-corrected chi connectivity index (χ3v) is 8.05. The topological polar surface area (TPSA) is 40.5 Å². The molecule has 4 aromatic carbocycles. The zero-order valence-corrected chi connectivity index (χ0v) is 25.3. The lowest BCUT2D eigenvalue weighted by Gasteiger charge is -2.35. The smallest absolute Gasteiger partial charge is 0.115 e. The molecule has 0 aliphatic carbocycles. The van der Waals surface area contributed by atoms with Crippen LogP contribution in [0.1, 0.15) is 88.8 Å². The summed E-state index contributed by atoms with van der Waals surface area (Å²) in [7, 11) is 0. The molecule has 0 heterocycles. The van der Waals surface area contributed by atoms with Gasteiger partial charge in [0.2, 0.25) is 0 Å². The standard InChI is InChI=1S/C37H44O2/c1-23-13-11-15-29(33(23)27-19-17-25(38)21-31(27)35(3,4)5)37(9,10)30-16-12-14-24(2)34(30)28-20-18-26(39)22-32(28)36(6,7)8/h11-22,38-39H,1-10H3. The van der Waals surface area contributed by atoms with E-state index in [9.17, 15) is 10.2 Å². The van der Waals surface area contributed by atoms with Gasteiger partial charge < -0.3 is 10.2 Å². The van der Waals surface area contributed by atoms with Crippen molar-refractivity contribution in [2.75, 3.05) is 0 Å². The zero-order valence-electron chi connectivity index (χ0n) is 25.3. The van der Waals surface area contributed by atoms with Crippen LogP contribution in [0, 0.1) is 13.8 Å². The van der Waals surface area contributed by atoms with Gasteiger partial charge in [0.05, 0.1) is 0 Å². The number of phenols is 2. The Balaban J connectivity index is 2.06. The first-order chi connectivity index (χ1) is 18.0. The van der Waals surface area contributed by atoms with E-state index in [1.54, 1.807) is 12.1 Å². The van der Waals surface area contributed by atoms with Crippen molar-refractivity contribution in [1.29, 1.82) is 0 Å². The third-order valence-electron chi connectivity index (χ3n) is 8.05. The van der Waals surface area contributed by atoms with E-state index in [0.717, 1.165) is 22.3 Å². The van der Waals surface area contributed by atoms with Crippen LogP contribution in [-0.4, -0.2) is 10.2 Å². The fourth-order valence-corrected chi connectivity index (χ4v) is 5.98. The zero-order chi connectivity index (χ0) is 28.9. The lowest BCUT2D eigenvalue weighted by molar-refractivity contribution is 0.471. The van der Waals surface area contributed by atoms with E-state index in [4.69, 9.17) is 0 Å². The average Bonchev–Trinajstić information content (AvgIpc) is 2.83. The molecule has 4 rings (SSSR count). The van der Waals surface area contributed by atoms with Crippen molar-refractivity contribution in [1.82, 2.24) is 0 Å². The van der Waals surface area contributed by atoms with Gasteiger partial charge in [-0.2, -0.15) is 0 Å². The highest BCUT2D eigenvalue weighted by atomic mass is 16.3. The largest absolute Gasteiger partial charge is 0.508 e. The molecule has 0 aromatic heterocycles. The average molecular weight is 521 g/mol. The van der Waals surface area contributed by atoms with Crippen LogP contribution >= 0.6 is 0 Å². The SMILES string of the molecule is Cc1cccc(C(C)(C)c2cccc(C)c2-c2ccc(O)cc2C(C)(C)C)c1-c1ccc(O)cc1C(C)(C)C. The van der Waals surface area contributed by atoms with Crippen LogP contribution in [0.4, 0.5) is 0 Å². The molecule has 0 atom stereocenters. The summed E-state index contributed by atoms with van der Waals surface area (Å²) in [6.45, 7) is 22.2. The van der Waals surface area contributed by atoms with Gasteiger partial charge in [-0.15, -0.1) is 0 Å². The molecule has 0 saturated heterocycles. The second kappa shape index (κ2) is 9.90. The Morgan fingerprint density at radius 3 is 1.15 bits per heavy atom. The molecule has 0 aliphatic rings. The van der Waals surface area contributed by atoms with Crippen LogP contribution in [0.25, 0.3) is 22.3 Å². The van der Waals surface area contributed by atoms with Crippen molar-refractivity contribution in [2.45, 2.75) is 85.5 Å². The molecule has 0 unspecified atom stereocenters. The van der Waals surface area contributed by atoms with Gasteiger partial charge in [0.1, 0.15) is 11.5 Å². The van der Waals surface area contributed by atoms with Gasteiger partial charge in [0.15, 0.2) is 0 Å². The molecule has 0 bridgehead atoms. The van der Waals surface area contributed by atoms with Gasteiger partial charge >= 0.3 is 0 Å². The summed E-state index contributed by atoms with van der Waals surface area (Å²) in [5.74, 6) is 0.585. The molecule has 0 spiro atoms. The number of hydrogen-bond acceptors (Lipinski definition) is 2. The molecule has 2 N–H and O–H groups in total. The molecule has 2 heteroatoms. The Morgan fingerprint density at radius 1 is 0.462 bits per heavy atom. The Morgan fingerprint density at radius 2 is 0.821 bits per heavy atom. The van der Waals surface area contributed by atoms with Crippen LogP contribution in [0.15, 0.2) is 72.8 Å². The summed E-state index contributed by atoms with van der Waals surface area (Å²) < 4.78 is 0. The number of aromatic hydroxyl groups is 2. The van der Waals surface area contributed by atoms with Crippen LogP contribution < -0.4 is 0 Å². The summed E-state index contributed by atoms with van der Waals surface area (Å²) in [5.41, 5.74) is 11.3. The van der Waals surface area contributed by atoms with E-state index < -0.39 is 0 Å². The predicted molar refractivity (Wildman–Crippen MR) is 166 cm³/mol. The van der Waals surface area contributed by atoms with Gasteiger partial charge in [-0.25, -0.2) is 0 Å². The minimum atomic E-state index is -0.344. The monoisotopic (exact) mass is 520 g/mol. The predicted octanol–water partition coefficient (Wildman–Crippen LogP) is 9.97. The van der Waals surface area contributed by atoms with Crippen molar-refractivity contribution >= 4 is 0 Å². The highest BCUT2D eigenvalue weighted by Crippen LogP contribution is 2.48. The number of rotatable bonds is 4. The highest BCUT2D eigenvalue weighted by Gasteiger charge is 2.33. The molecular formula is C37H44O2.